The van der Waals surface area contributed by atoms with Crippen molar-refractivity contribution < 1.29 is 17.9 Å². The summed E-state index contributed by atoms with van der Waals surface area (Å²) in [6.45, 7) is 3.69. The SMILES string of the molecule is CC(C)Oc1ccnc(S(N)(=O)=O)c1OC1CC1. The van der Waals surface area contributed by atoms with E-state index in [9.17, 15) is 8.42 Å². The summed E-state index contributed by atoms with van der Waals surface area (Å²) in [5.74, 6) is 0.479. The van der Waals surface area contributed by atoms with Gasteiger partial charge in [-0.1, -0.05) is 0 Å². The lowest BCUT2D eigenvalue weighted by Gasteiger charge is -2.16. The third kappa shape index (κ3) is 3.11. The quantitative estimate of drug-likeness (QED) is 0.865. The average Bonchev–Trinajstić information content (AvgIpc) is 3.02. The summed E-state index contributed by atoms with van der Waals surface area (Å²) < 4.78 is 34.0. The van der Waals surface area contributed by atoms with Crippen molar-refractivity contribution in [3.63, 3.8) is 0 Å². The number of hydrogen-bond acceptors (Lipinski definition) is 5. The molecule has 0 spiro atoms. The standard InChI is InChI=1S/C11H16N2O4S/c1-7(2)16-9-5-6-13-11(18(12,14)15)10(9)17-8-3-4-8/h5-8H,3-4H2,1-2H3,(H2,12,14,15). The fraction of sp³-hybridized carbons (Fsp3) is 0.545. The second kappa shape index (κ2) is 4.74. The van der Waals surface area contributed by atoms with Crippen molar-refractivity contribution in [1.29, 1.82) is 0 Å². The van der Waals surface area contributed by atoms with Crippen LogP contribution in [0.3, 0.4) is 0 Å². The van der Waals surface area contributed by atoms with Crippen molar-refractivity contribution in [3.05, 3.63) is 12.3 Å². The first-order valence-electron chi connectivity index (χ1n) is 5.73. The van der Waals surface area contributed by atoms with Gasteiger partial charge in [-0.15, -0.1) is 0 Å². The summed E-state index contributed by atoms with van der Waals surface area (Å²) >= 11 is 0. The number of nitrogens with two attached hydrogens (primary N) is 1. The number of hydrogen-bond donors (Lipinski definition) is 1. The minimum atomic E-state index is -3.93. The van der Waals surface area contributed by atoms with Crippen LogP contribution < -0.4 is 14.6 Å². The minimum Gasteiger partial charge on any atom is -0.487 e. The first-order valence-corrected chi connectivity index (χ1v) is 7.27. The Morgan fingerprint density at radius 2 is 2.11 bits per heavy atom. The van der Waals surface area contributed by atoms with Crippen molar-refractivity contribution in [1.82, 2.24) is 4.98 Å². The van der Waals surface area contributed by atoms with Gasteiger partial charge in [-0.05, 0) is 26.7 Å². The third-order valence-electron chi connectivity index (χ3n) is 2.28. The van der Waals surface area contributed by atoms with E-state index < -0.39 is 10.0 Å². The number of sulfonamides is 1. The molecule has 1 fully saturated rings. The highest BCUT2D eigenvalue weighted by Gasteiger charge is 2.30. The summed E-state index contributed by atoms with van der Waals surface area (Å²) in [5.41, 5.74) is 0. The molecule has 1 aliphatic rings. The summed E-state index contributed by atoms with van der Waals surface area (Å²) in [6, 6.07) is 1.58. The molecular formula is C11H16N2O4S. The van der Waals surface area contributed by atoms with Crippen LogP contribution in [0.5, 0.6) is 11.5 Å². The number of ether oxygens (including phenoxy) is 2. The van der Waals surface area contributed by atoms with Crippen LogP contribution in [0.4, 0.5) is 0 Å². The normalized spacial score (nSPS) is 15.8. The van der Waals surface area contributed by atoms with E-state index in [1.807, 2.05) is 13.8 Å². The smallest absolute Gasteiger partial charge is 0.259 e. The van der Waals surface area contributed by atoms with E-state index in [-0.39, 0.29) is 23.0 Å². The van der Waals surface area contributed by atoms with Crippen LogP contribution in [-0.4, -0.2) is 25.6 Å². The zero-order valence-corrected chi connectivity index (χ0v) is 11.1. The molecule has 1 aromatic heterocycles. The van der Waals surface area contributed by atoms with E-state index >= 15 is 0 Å². The van der Waals surface area contributed by atoms with E-state index in [0.717, 1.165) is 12.8 Å². The van der Waals surface area contributed by atoms with Crippen LogP contribution in [0, 0.1) is 0 Å². The lowest BCUT2D eigenvalue weighted by atomic mass is 10.4. The van der Waals surface area contributed by atoms with Crippen LogP contribution in [0.25, 0.3) is 0 Å². The third-order valence-corrected chi connectivity index (χ3v) is 3.11. The average molecular weight is 272 g/mol. The molecular weight excluding hydrogens is 256 g/mol. The van der Waals surface area contributed by atoms with Gasteiger partial charge in [0, 0.05) is 12.3 Å². The highest BCUT2D eigenvalue weighted by molar-refractivity contribution is 7.89. The maximum absolute atomic E-state index is 11.5. The van der Waals surface area contributed by atoms with Crippen molar-refractivity contribution in [3.8, 4) is 11.5 Å². The molecule has 1 aliphatic carbocycles. The predicted octanol–water partition coefficient (Wildman–Crippen LogP) is 1.06. The molecule has 100 valence electrons. The molecule has 0 radical (unpaired) electrons. The Kier molecular flexibility index (Phi) is 3.45. The molecule has 1 heterocycles. The lowest BCUT2D eigenvalue weighted by molar-refractivity contribution is 0.213. The summed E-state index contributed by atoms with van der Waals surface area (Å²) in [4.78, 5) is 3.78. The molecule has 0 unspecified atom stereocenters. The Morgan fingerprint density at radius 1 is 1.44 bits per heavy atom. The van der Waals surface area contributed by atoms with E-state index in [2.05, 4.69) is 4.98 Å². The van der Waals surface area contributed by atoms with Gasteiger partial charge in [0.2, 0.25) is 10.8 Å². The molecule has 2 rings (SSSR count). The molecule has 18 heavy (non-hydrogen) atoms. The lowest BCUT2D eigenvalue weighted by Crippen LogP contribution is -2.17. The molecule has 0 aliphatic heterocycles. The molecule has 0 bridgehead atoms. The van der Waals surface area contributed by atoms with Gasteiger partial charge in [0.15, 0.2) is 5.75 Å². The predicted molar refractivity (Wildman–Crippen MR) is 65.0 cm³/mol. The number of nitrogens with zero attached hydrogens (tertiary/aromatic N) is 1. The zero-order chi connectivity index (χ0) is 13.3. The van der Waals surface area contributed by atoms with Crippen LogP contribution in [-0.2, 0) is 10.0 Å². The Labute approximate surface area is 106 Å². The van der Waals surface area contributed by atoms with Crippen molar-refractivity contribution in [2.45, 2.75) is 43.9 Å². The zero-order valence-electron chi connectivity index (χ0n) is 10.3. The molecule has 0 amide bonds. The van der Waals surface area contributed by atoms with E-state index in [4.69, 9.17) is 14.6 Å². The fourth-order valence-corrected chi connectivity index (χ4v) is 2.04. The van der Waals surface area contributed by atoms with Gasteiger partial charge in [-0.3, -0.25) is 0 Å². The van der Waals surface area contributed by atoms with Crippen LogP contribution >= 0.6 is 0 Å². The van der Waals surface area contributed by atoms with E-state index in [1.54, 1.807) is 6.07 Å². The van der Waals surface area contributed by atoms with Gasteiger partial charge >= 0.3 is 0 Å². The van der Waals surface area contributed by atoms with Crippen molar-refractivity contribution in [2.75, 3.05) is 0 Å². The maximum atomic E-state index is 11.5. The van der Waals surface area contributed by atoms with E-state index in [0.29, 0.717) is 5.75 Å². The van der Waals surface area contributed by atoms with Crippen LogP contribution in [0.1, 0.15) is 26.7 Å². The highest BCUT2D eigenvalue weighted by atomic mass is 32.2. The van der Waals surface area contributed by atoms with Crippen LogP contribution in [0.15, 0.2) is 17.3 Å². The number of pyridine rings is 1. The van der Waals surface area contributed by atoms with Gasteiger partial charge in [0.1, 0.15) is 0 Å². The summed E-state index contributed by atoms with van der Waals surface area (Å²) in [6.07, 6.45) is 3.09. The van der Waals surface area contributed by atoms with Crippen molar-refractivity contribution in [2.24, 2.45) is 5.14 Å². The Hall–Kier alpha value is -1.34. The molecule has 2 N–H and O–H groups in total. The van der Waals surface area contributed by atoms with Crippen LogP contribution in [0.2, 0.25) is 0 Å². The highest BCUT2D eigenvalue weighted by Crippen LogP contribution is 2.37. The molecule has 0 atom stereocenters. The number of aromatic nitrogens is 1. The minimum absolute atomic E-state index is 0.0317. The van der Waals surface area contributed by atoms with Gasteiger partial charge in [-0.25, -0.2) is 18.5 Å². The molecule has 1 aromatic rings. The molecule has 6 nitrogen and oxygen atoms in total. The monoisotopic (exact) mass is 272 g/mol. The summed E-state index contributed by atoms with van der Waals surface area (Å²) in [7, 11) is -3.93. The van der Waals surface area contributed by atoms with Gasteiger partial charge in [0.25, 0.3) is 10.0 Å². The topological polar surface area (TPSA) is 91.5 Å². The van der Waals surface area contributed by atoms with E-state index in [1.165, 1.54) is 6.20 Å². The fourth-order valence-electron chi connectivity index (χ4n) is 1.42. The molecule has 1 saturated carbocycles. The maximum Gasteiger partial charge on any atom is 0.259 e. The Bertz CT molecular complexity index is 538. The first kappa shape index (κ1) is 13.1. The van der Waals surface area contributed by atoms with Gasteiger partial charge in [0.05, 0.1) is 12.2 Å². The molecule has 0 saturated heterocycles. The van der Waals surface area contributed by atoms with Crippen molar-refractivity contribution >= 4 is 10.0 Å². The first-order chi connectivity index (χ1) is 8.38. The number of primary sulfonamides is 1. The largest absolute Gasteiger partial charge is 0.487 e. The second-order valence-corrected chi connectivity index (χ2v) is 5.95. The molecule has 7 heteroatoms. The summed E-state index contributed by atoms with van der Waals surface area (Å²) in [5, 5.41) is 4.86. The Balaban J connectivity index is 2.44. The number of rotatable bonds is 5. The molecule has 0 aromatic carbocycles. The Morgan fingerprint density at radius 3 is 2.61 bits per heavy atom. The van der Waals surface area contributed by atoms with Gasteiger partial charge in [-0.2, -0.15) is 0 Å². The second-order valence-electron chi connectivity index (χ2n) is 4.47. The van der Waals surface area contributed by atoms with Gasteiger partial charge < -0.3 is 9.47 Å².